The maximum Gasteiger partial charge on any atom is 0.490 e. The summed E-state index contributed by atoms with van der Waals surface area (Å²) in [7, 11) is 0. The number of rotatable bonds is 8. The van der Waals surface area contributed by atoms with Gasteiger partial charge in [-0.15, -0.1) is 0 Å². The molecule has 1 saturated heterocycles. The number of hydrogen-bond donors (Lipinski definition) is 6. The van der Waals surface area contributed by atoms with E-state index in [1.54, 1.807) is 24.3 Å². The molecule has 14 heteroatoms. The first-order valence-electron chi connectivity index (χ1n) is 10.6. The predicted octanol–water partition coefficient (Wildman–Crippen LogP) is 1.85. The number of piperidine rings is 1. The fourth-order valence-electron chi connectivity index (χ4n) is 3.14. The number of nitrogens with zero attached hydrogens (tertiary/aromatic N) is 1. The summed E-state index contributed by atoms with van der Waals surface area (Å²) >= 11 is 0. The molecule has 0 aromatic heterocycles. The van der Waals surface area contributed by atoms with Gasteiger partial charge in [0.15, 0.2) is 5.96 Å². The molecule has 2 amide bonds. The van der Waals surface area contributed by atoms with Crippen molar-refractivity contribution in [1.29, 1.82) is 5.41 Å². The average molecular weight is 503 g/mol. The van der Waals surface area contributed by atoms with Crippen LogP contribution in [0.3, 0.4) is 0 Å². The second-order valence-electron chi connectivity index (χ2n) is 7.69. The Hall–Kier alpha value is -3.84. The zero-order valence-corrected chi connectivity index (χ0v) is 18.7. The number of nitrogens with one attached hydrogen (secondary N) is 3. The van der Waals surface area contributed by atoms with Crippen LogP contribution in [0.4, 0.5) is 18.9 Å². The third-order valence-electron chi connectivity index (χ3n) is 5.01. The number of likely N-dealkylation sites (tertiary alicyclic amines) is 1. The highest BCUT2D eigenvalue weighted by Gasteiger charge is 2.38. The normalized spacial score (nSPS) is 13.7. The van der Waals surface area contributed by atoms with E-state index >= 15 is 0 Å². The lowest BCUT2D eigenvalue weighted by atomic mass is 9.92. The Balaban J connectivity index is 0.000000762. The number of carboxylic acid groups (broad SMARTS) is 2. The van der Waals surface area contributed by atoms with E-state index in [4.69, 9.17) is 26.2 Å². The number of benzene rings is 1. The third-order valence-corrected chi connectivity index (χ3v) is 5.01. The van der Waals surface area contributed by atoms with Crippen molar-refractivity contribution in [1.82, 2.24) is 10.2 Å². The Morgan fingerprint density at radius 3 is 2.23 bits per heavy atom. The first-order valence-corrected chi connectivity index (χ1v) is 10.6. The number of amides is 2. The quantitative estimate of drug-likeness (QED) is 0.229. The number of guanidine groups is 1. The van der Waals surface area contributed by atoms with Gasteiger partial charge in [-0.25, -0.2) is 4.79 Å². The van der Waals surface area contributed by atoms with Gasteiger partial charge in [0.2, 0.25) is 5.91 Å². The molecule has 0 spiro atoms. The number of hydrogen-bond acceptors (Lipinski definition) is 5. The third kappa shape index (κ3) is 11.7. The summed E-state index contributed by atoms with van der Waals surface area (Å²) < 4.78 is 31.7. The topological polar surface area (TPSA) is 186 Å². The molecular formula is C21H28F3N5O6. The van der Waals surface area contributed by atoms with Gasteiger partial charge in [-0.2, -0.15) is 13.2 Å². The Kier molecular flexibility index (Phi) is 11.5. The van der Waals surface area contributed by atoms with Crippen molar-refractivity contribution < 1.29 is 42.6 Å². The molecule has 1 aliphatic rings. The molecule has 1 aromatic rings. The number of alkyl halides is 3. The number of nitrogens with two attached hydrogens (primary N) is 1. The van der Waals surface area contributed by atoms with Crippen molar-refractivity contribution in [3.8, 4) is 0 Å². The molecule has 2 rings (SSSR count). The van der Waals surface area contributed by atoms with Gasteiger partial charge in [0, 0.05) is 37.3 Å². The van der Waals surface area contributed by atoms with Crippen molar-refractivity contribution in [3.05, 3.63) is 29.8 Å². The molecular weight excluding hydrogens is 475 g/mol. The summed E-state index contributed by atoms with van der Waals surface area (Å²) in [5.41, 5.74) is 6.38. The van der Waals surface area contributed by atoms with Gasteiger partial charge >= 0.3 is 18.1 Å². The minimum atomic E-state index is -5.08. The lowest BCUT2D eigenvalue weighted by Gasteiger charge is -2.32. The highest BCUT2D eigenvalue weighted by Crippen LogP contribution is 2.22. The zero-order valence-electron chi connectivity index (χ0n) is 18.7. The zero-order chi connectivity index (χ0) is 26.6. The molecule has 194 valence electrons. The summed E-state index contributed by atoms with van der Waals surface area (Å²) in [5.74, 6) is -3.69. The average Bonchev–Trinajstić information content (AvgIpc) is 2.77. The second-order valence-corrected chi connectivity index (χ2v) is 7.69. The SMILES string of the molecule is N=C(N)N1CCC(CCC(=O)Nc2cccc(C(=O)NCCC(=O)O)c2)CC1.O=C(O)C(F)(F)F. The van der Waals surface area contributed by atoms with Gasteiger partial charge < -0.3 is 31.5 Å². The largest absolute Gasteiger partial charge is 0.490 e. The highest BCUT2D eigenvalue weighted by atomic mass is 19.4. The summed E-state index contributed by atoms with van der Waals surface area (Å²) in [6.07, 6.45) is -2.24. The van der Waals surface area contributed by atoms with Crippen LogP contribution in [0.25, 0.3) is 0 Å². The number of carbonyl (C=O) groups is 4. The Bertz CT molecular complexity index is 917. The summed E-state index contributed by atoms with van der Waals surface area (Å²) in [5, 5.41) is 28.5. The van der Waals surface area contributed by atoms with E-state index in [-0.39, 0.29) is 30.7 Å². The highest BCUT2D eigenvalue weighted by molar-refractivity contribution is 5.97. The summed E-state index contributed by atoms with van der Waals surface area (Å²) in [4.78, 5) is 45.5. The lowest BCUT2D eigenvalue weighted by Crippen LogP contribution is -2.42. The van der Waals surface area contributed by atoms with E-state index in [9.17, 15) is 27.6 Å². The molecule has 1 aliphatic heterocycles. The van der Waals surface area contributed by atoms with Crippen molar-refractivity contribution in [2.24, 2.45) is 11.7 Å². The standard InChI is InChI=1S/C19H27N5O4.C2HF3O2/c20-19(21)24-10-7-13(8-11-24)4-5-16(25)23-15-3-1-2-14(12-15)18(28)22-9-6-17(26)27;3-2(4,5)1(6)7/h1-3,12-13H,4-11H2,(H3,20,21)(H,22,28)(H,23,25)(H,26,27);(H,6,7). The van der Waals surface area contributed by atoms with Gasteiger partial charge in [-0.1, -0.05) is 6.07 Å². The van der Waals surface area contributed by atoms with Crippen LogP contribution in [0.1, 0.15) is 42.5 Å². The van der Waals surface area contributed by atoms with Crippen LogP contribution in [-0.2, 0) is 14.4 Å². The van der Waals surface area contributed by atoms with Gasteiger partial charge in [0.05, 0.1) is 6.42 Å². The second kappa shape index (κ2) is 13.8. The van der Waals surface area contributed by atoms with E-state index in [0.29, 0.717) is 23.6 Å². The van der Waals surface area contributed by atoms with Crippen LogP contribution >= 0.6 is 0 Å². The summed E-state index contributed by atoms with van der Waals surface area (Å²) in [6.45, 7) is 1.55. The molecule has 0 saturated carbocycles. The fraction of sp³-hybridized carbons (Fsp3) is 0.476. The number of halogens is 3. The van der Waals surface area contributed by atoms with E-state index in [0.717, 1.165) is 32.4 Å². The predicted molar refractivity (Wildman–Crippen MR) is 119 cm³/mol. The Morgan fingerprint density at radius 2 is 1.71 bits per heavy atom. The van der Waals surface area contributed by atoms with Gasteiger partial charge in [-0.3, -0.25) is 19.8 Å². The lowest BCUT2D eigenvalue weighted by molar-refractivity contribution is -0.192. The molecule has 1 aromatic carbocycles. The summed E-state index contributed by atoms with van der Waals surface area (Å²) in [6, 6.07) is 6.55. The minimum absolute atomic E-state index is 0.0488. The first kappa shape index (κ1) is 29.2. The van der Waals surface area contributed by atoms with Crippen molar-refractivity contribution >= 4 is 35.4 Å². The van der Waals surface area contributed by atoms with Crippen molar-refractivity contribution in [3.63, 3.8) is 0 Å². The van der Waals surface area contributed by atoms with Gasteiger partial charge in [0.1, 0.15) is 0 Å². The number of anilines is 1. The molecule has 0 bridgehead atoms. The molecule has 11 nitrogen and oxygen atoms in total. The maximum atomic E-state index is 12.2. The maximum absolute atomic E-state index is 12.2. The minimum Gasteiger partial charge on any atom is -0.481 e. The van der Waals surface area contributed by atoms with Crippen molar-refractivity contribution in [2.75, 3.05) is 25.0 Å². The number of carboxylic acids is 2. The van der Waals surface area contributed by atoms with E-state index < -0.39 is 18.1 Å². The van der Waals surface area contributed by atoms with Crippen LogP contribution in [0.2, 0.25) is 0 Å². The van der Waals surface area contributed by atoms with Gasteiger partial charge in [0.25, 0.3) is 5.91 Å². The van der Waals surface area contributed by atoms with E-state index in [1.165, 1.54) is 0 Å². The number of carbonyl (C=O) groups excluding carboxylic acids is 2. The van der Waals surface area contributed by atoms with E-state index in [1.807, 2.05) is 4.90 Å². The van der Waals surface area contributed by atoms with Crippen LogP contribution in [0.5, 0.6) is 0 Å². The fourth-order valence-corrected chi connectivity index (χ4v) is 3.14. The number of aliphatic carboxylic acids is 2. The molecule has 1 heterocycles. The van der Waals surface area contributed by atoms with Crippen LogP contribution in [0, 0.1) is 11.3 Å². The first-order chi connectivity index (χ1) is 16.3. The van der Waals surface area contributed by atoms with Gasteiger partial charge in [-0.05, 0) is 43.4 Å². The van der Waals surface area contributed by atoms with E-state index in [2.05, 4.69) is 10.6 Å². The molecule has 0 radical (unpaired) electrons. The molecule has 0 unspecified atom stereocenters. The van der Waals surface area contributed by atoms with Crippen LogP contribution in [0.15, 0.2) is 24.3 Å². The smallest absolute Gasteiger partial charge is 0.481 e. The van der Waals surface area contributed by atoms with Crippen LogP contribution in [-0.4, -0.2) is 70.6 Å². The Labute approximate surface area is 199 Å². The molecule has 7 N–H and O–H groups in total. The molecule has 0 atom stereocenters. The molecule has 0 aliphatic carbocycles. The van der Waals surface area contributed by atoms with Crippen molar-refractivity contribution in [2.45, 2.75) is 38.3 Å². The molecule has 35 heavy (non-hydrogen) atoms. The monoisotopic (exact) mass is 503 g/mol. The Morgan fingerprint density at radius 1 is 1.11 bits per heavy atom. The molecule has 1 fully saturated rings. The van der Waals surface area contributed by atoms with Crippen LogP contribution < -0.4 is 16.4 Å².